The number of hydrogen-bond donors (Lipinski definition) is 1. The number of furan rings is 1. The molecule has 1 amide bonds. The number of nitrogens with one attached hydrogen (secondary N) is 1. The van der Waals surface area contributed by atoms with Crippen molar-refractivity contribution >= 4 is 23.8 Å². The van der Waals surface area contributed by atoms with Gasteiger partial charge in [-0.1, -0.05) is 0 Å². The van der Waals surface area contributed by atoms with Crippen LogP contribution in [0.3, 0.4) is 0 Å². The molecule has 0 spiro atoms. The SMILES string of the molecule is CCOC(=O)c1ccnc(NC(=O)/C=C/c2ccco2)c1. The van der Waals surface area contributed by atoms with Crippen LogP contribution in [-0.4, -0.2) is 23.5 Å². The van der Waals surface area contributed by atoms with Gasteiger partial charge in [0.05, 0.1) is 18.4 Å². The Bertz CT molecular complexity index is 647. The van der Waals surface area contributed by atoms with Crippen molar-refractivity contribution in [1.29, 1.82) is 0 Å². The molecule has 0 bridgehead atoms. The lowest BCUT2D eigenvalue weighted by atomic mass is 10.2. The smallest absolute Gasteiger partial charge is 0.338 e. The molecular weight excluding hydrogens is 272 g/mol. The van der Waals surface area contributed by atoms with Gasteiger partial charge in [0.2, 0.25) is 5.91 Å². The van der Waals surface area contributed by atoms with E-state index >= 15 is 0 Å². The monoisotopic (exact) mass is 286 g/mol. The van der Waals surface area contributed by atoms with Crippen molar-refractivity contribution < 1.29 is 18.7 Å². The summed E-state index contributed by atoms with van der Waals surface area (Å²) in [4.78, 5) is 27.3. The molecule has 2 aromatic rings. The lowest BCUT2D eigenvalue weighted by molar-refractivity contribution is -0.111. The van der Waals surface area contributed by atoms with Crippen molar-refractivity contribution in [1.82, 2.24) is 4.98 Å². The van der Waals surface area contributed by atoms with Crippen molar-refractivity contribution in [2.45, 2.75) is 6.92 Å². The van der Waals surface area contributed by atoms with Gasteiger partial charge in [-0.05, 0) is 37.3 Å². The Hall–Kier alpha value is -2.89. The van der Waals surface area contributed by atoms with Crippen LogP contribution in [0, 0.1) is 0 Å². The number of rotatable bonds is 5. The Balaban J connectivity index is 2.00. The maximum Gasteiger partial charge on any atom is 0.338 e. The lowest BCUT2D eigenvalue weighted by Gasteiger charge is -2.04. The van der Waals surface area contributed by atoms with Crippen LogP contribution >= 0.6 is 0 Å². The maximum atomic E-state index is 11.7. The van der Waals surface area contributed by atoms with Gasteiger partial charge in [0.15, 0.2) is 0 Å². The molecule has 1 N–H and O–H groups in total. The molecule has 2 rings (SSSR count). The van der Waals surface area contributed by atoms with Crippen LogP contribution in [0.5, 0.6) is 0 Å². The second kappa shape index (κ2) is 7.04. The summed E-state index contributed by atoms with van der Waals surface area (Å²) in [6.07, 6.45) is 5.79. The molecule has 6 heteroatoms. The molecule has 0 aliphatic heterocycles. The second-order valence-electron chi connectivity index (χ2n) is 3.99. The van der Waals surface area contributed by atoms with Crippen molar-refractivity contribution in [3.05, 3.63) is 54.1 Å². The number of nitrogens with zero attached hydrogens (tertiary/aromatic N) is 1. The minimum absolute atomic E-state index is 0.273. The average molecular weight is 286 g/mol. The number of ether oxygens (including phenoxy) is 1. The van der Waals surface area contributed by atoms with E-state index in [4.69, 9.17) is 9.15 Å². The number of carbonyl (C=O) groups is 2. The predicted molar refractivity (Wildman–Crippen MR) is 76.6 cm³/mol. The van der Waals surface area contributed by atoms with Crippen LogP contribution in [0.25, 0.3) is 6.08 Å². The Morgan fingerprint density at radius 3 is 3.00 bits per heavy atom. The summed E-state index contributed by atoms with van der Waals surface area (Å²) in [5, 5.41) is 2.56. The second-order valence-corrected chi connectivity index (χ2v) is 3.99. The van der Waals surface area contributed by atoms with E-state index < -0.39 is 5.97 Å². The Morgan fingerprint density at radius 1 is 1.43 bits per heavy atom. The molecule has 0 radical (unpaired) electrons. The summed E-state index contributed by atoms with van der Waals surface area (Å²) in [5.74, 6) is 0.00877. The zero-order chi connectivity index (χ0) is 15.1. The third-order valence-electron chi connectivity index (χ3n) is 2.46. The molecule has 0 aromatic carbocycles. The Labute approximate surface area is 121 Å². The highest BCUT2D eigenvalue weighted by molar-refractivity contribution is 6.01. The third-order valence-corrected chi connectivity index (χ3v) is 2.46. The Morgan fingerprint density at radius 2 is 2.29 bits per heavy atom. The third kappa shape index (κ3) is 4.31. The number of hydrogen-bond acceptors (Lipinski definition) is 5. The molecule has 0 saturated carbocycles. The highest BCUT2D eigenvalue weighted by Gasteiger charge is 2.08. The molecule has 0 aliphatic carbocycles. The molecule has 0 unspecified atom stereocenters. The summed E-state index contributed by atoms with van der Waals surface area (Å²) in [7, 11) is 0. The fourth-order valence-corrected chi connectivity index (χ4v) is 1.55. The van der Waals surface area contributed by atoms with E-state index in [0.717, 1.165) is 0 Å². The first-order chi connectivity index (χ1) is 10.2. The highest BCUT2D eigenvalue weighted by Crippen LogP contribution is 2.09. The fourth-order valence-electron chi connectivity index (χ4n) is 1.55. The van der Waals surface area contributed by atoms with Gasteiger partial charge in [-0.25, -0.2) is 9.78 Å². The summed E-state index contributed by atoms with van der Waals surface area (Å²) >= 11 is 0. The van der Waals surface area contributed by atoms with E-state index in [1.165, 1.54) is 36.7 Å². The predicted octanol–water partition coefficient (Wildman–Crippen LogP) is 2.50. The quantitative estimate of drug-likeness (QED) is 0.674. The van der Waals surface area contributed by atoms with Gasteiger partial charge >= 0.3 is 5.97 Å². The normalized spacial score (nSPS) is 10.5. The first-order valence-electron chi connectivity index (χ1n) is 6.35. The molecular formula is C15H14N2O4. The van der Waals surface area contributed by atoms with Crippen molar-refractivity contribution in [3.63, 3.8) is 0 Å². The zero-order valence-corrected chi connectivity index (χ0v) is 11.4. The van der Waals surface area contributed by atoms with E-state index in [0.29, 0.717) is 11.3 Å². The van der Waals surface area contributed by atoms with Crippen molar-refractivity contribution in [3.8, 4) is 0 Å². The molecule has 0 aliphatic rings. The van der Waals surface area contributed by atoms with Gasteiger partial charge in [-0.2, -0.15) is 0 Å². The van der Waals surface area contributed by atoms with E-state index in [1.807, 2.05) is 0 Å². The molecule has 0 atom stereocenters. The van der Waals surface area contributed by atoms with E-state index in [1.54, 1.807) is 19.1 Å². The highest BCUT2D eigenvalue weighted by atomic mass is 16.5. The lowest BCUT2D eigenvalue weighted by Crippen LogP contribution is -2.11. The minimum atomic E-state index is -0.457. The summed E-state index contributed by atoms with van der Waals surface area (Å²) in [5.41, 5.74) is 0.331. The van der Waals surface area contributed by atoms with Gasteiger partial charge in [-0.3, -0.25) is 4.79 Å². The van der Waals surface area contributed by atoms with E-state index in [9.17, 15) is 9.59 Å². The number of esters is 1. The van der Waals surface area contributed by atoms with Gasteiger partial charge in [0, 0.05) is 12.3 Å². The van der Waals surface area contributed by atoms with Crippen LogP contribution in [0.4, 0.5) is 5.82 Å². The van der Waals surface area contributed by atoms with Gasteiger partial charge in [0.1, 0.15) is 11.6 Å². The first kappa shape index (κ1) is 14.5. The Kier molecular flexibility index (Phi) is 4.87. The van der Waals surface area contributed by atoms with Crippen LogP contribution < -0.4 is 5.32 Å². The average Bonchev–Trinajstić information content (AvgIpc) is 2.99. The van der Waals surface area contributed by atoms with E-state index in [-0.39, 0.29) is 18.3 Å². The standard InChI is InChI=1S/C15H14N2O4/c1-2-20-15(19)11-7-8-16-13(10-11)17-14(18)6-5-12-4-3-9-21-12/h3-10H,2H2,1H3,(H,16,17,18)/b6-5+. The minimum Gasteiger partial charge on any atom is -0.465 e. The zero-order valence-electron chi connectivity index (χ0n) is 11.4. The summed E-state index contributed by atoms with van der Waals surface area (Å²) < 4.78 is 9.95. The van der Waals surface area contributed by atoms with Crippen molar-refractivity contribution in [2.24, 2.45) is 0 Å². The van der Waals surface area contributed by atoms with Crippen LogP contribution in [0.2, 0.25) is 0 Å². The largest absolute Gasteiger partial charge is 0.465 e. The number of pyridine rings is 1. The number of amides is 1. The molecule has 2 aromatic heterocycles. The molecule has 0 fully saturated rings. The van der Waals surface area contributed by atoms with Gasteiger partial charge in [-0.15, -0.1) is 0 Å². The van der Waals surface area contributed by atoms with E-state index in [2.05, 4.69) is 10.3 Å². The van der Waals surface area contributed by atoms with Crippen LogP contribution in [-0.2, 0) is 9.53 Å². The summed E-state index contributed by atoms with van der Waals surface area (Å²) in [6.45, 7) is 2.01. The number of anilines is 1. The molecule has 2 heterocycles. The molecule has 0 saturated heterocycles. The molecule has 6 nitrogen and oxygen atoms in total. The topological polar surface area (TPSA) is 81.4 Å². The van der Waals surface area contributed by atoms with Crippen LogP contribution in [0.1, 0.15) is 23.0 Å². The fraction of sp³-hybridized carbons (Fsp3) is 0.133. The van der Waals surface area contributed by atoms with Gasteiger partial charge in [0.25, 0.3) is 0 Å². The first-order valence-corrected chi connectivity index (χ1v) is 6.35. The summed E-state index contributed by atoms with van der Waals surface area (Å²) in [6, 6.07) is 6.42. The van der Waals surface area contributed by atoms with Gasteiger partial charge < -0.3 is 14.5 Å². The maximum absolute atomic E-state index is 11.7. The molecule has 21 heavy (non-hydrogen) atoms. The number of aromatic nitrogens is 1. The van der Waals surface area contributed by atoms with Crippen molar-refractivity contribution in [2.75, 3.05) is 11.9 Å². The molecule has 108 valence electrons. The van der Waals surface area contributed by atoms with Crippen LogP contribution in [0.15, 0.2) is 47.2 Å². The number of carbonyl (C=O) groups excluding carboxylic acids is 2.